The number of carbonyl (C=O) groups is 2. The molecule has 2 atom stereocenters. The predicted octanol–water partition coefficient (Wildman–Crippen LogP) is 7.35. The number of carbonyl (C=O) groups excluding carboxylic acids is 2. The van der Waals surface area contributed by atoms with Crippen LogP contribution in [0.15, 0.2) is 12.1 Å². The number of halogens is 1. The molecule has 1 aromatic rings. The van der Waals surface area contributed by atoms with E-state index in [1.54, 1.807) is 12.1 Å². The van der Waals surface area contributed by atoms with Crippen molar-refractivity contribution in [3.05, 3.63) is 32.4 Å². The van der Waals surface area contributed by atoms with E-state index < -0.39 is 0 Å². The van der Waals surface area contributed by atoms with E-state index in [0.717, 1.165) is 60.5 Å². The largest absolute Gasteiger partial charge is 0.462 e. The minimum atomic E-state index is -0.317. The molecule has 0 aromatic heterocycles. The van der Waals surface area contributed by atoms with Crippen molar-refractivity contribution in [2.45, 2.75) is 86.0 Å². The van der Waals surface area contributed by atoms with Crippen molar-refractivity contribution in [3.8, 4) is 0 Å². The third kappa shape index (κ3) is 8.94. The van der Waals surface area contributed by atoms with Crippen LogP contribution in [-0.2, 0) is 9.47 Å². The van der Waals surface area contributed by atoms with E-state index in [4.69, 9.17) is 9.47 Å². The Balaban J connectivity index is 2.75. The maximum absolute atomic E-state index is 12.6. The summed E-state index contributed by atoms with van der Waals surface area (Å²) in [6.07, 6.45) is 8.78. The van der Waals surface area contributed by atoms with Crippen LogP contribution in [0, 0.1) is 22.3 Å². The standard InChI is InChI=1S/C25H39IO4/c1-6-10-12-19(8-3)16-29-24(27)21-15-23(26)22(14-18(21)5)25(28)30-17-20(9-4)13-11-7-2/h14-15,19-20H,6-13,16-17H2,1-5H3. The van der Waals surface area contributed by atoms with E-state index in [2.05, 4.69) is 50.3 Å². The lowest BCUT2D eigenvalue weighted by atomic mass is 10.0. The molecule has 0 radical (unpaired) electrons. The fourth-order valence-electron chi connectivity index (χ4n) is 3.40. The van der Waals surface area contributed by atoms with Crippen molar-refractivity contribution in [1.82, 2.24) is 0 Å². The molecule has 5 heteroatoms. The molecule has 1 aromatic carbocycles. The highest BCUT2D eigenvalue weighted by Gasteiger charge is 2.20. The highest BCUT2D eigenvalue weighted by Crippen LogP contribution is 2.22. The Morgan fingerprint density at radius 1 is 0.833 bits per heavy atom. The number of aryl methyl sites for hydroxylation is 1. The van der Waals surface area contributed by atoms with Crippen LogP contribution in [0.3, 0.4) is 0 Å². The Hall–Kier alpha value is -1.11. The lowest BCUT2D eigenvalue weighted by Gasteiger charge is -2.17. The van der Waals surface area contributed by atoms with Gasteiger partial charge < -0.3 is 9.47 Å². The maximum atomic E-state index is 12.6. The number of ether oxygens (including phenoxy) is 2. The van der Waals surface area contributed by atoms with Crippen LogP contribution in [0.2, 0.25) is 0 Å². The molecule has 0 spiro atoms. The molecule has 0 N–H and O–H groups in total. The monoisotopic (exact) mass is 530 g/mol. The van der Waals surface area contributed by atoms with E-state index in [1.807, 2.05) is 6.92 Å². The number of benzene rings is 1. The molecular weight excluding hydrogens is 491 g/mol. The molecule has 0 saturated carbocycles. The van der Waals surface area contributed by atoms with Gasteiger partial charge in [-0.25, -0.2) is 9.59 Å². The van der Waals surface area contributed by atoms with E-state index in [1.165, 1.54) is 0 Å². The fourth-order valence-corrected chi connectivity index (χ4v) is 4.08. The number of hydrogen-bond donors (Lipinski definition) is 0. The van der Waals surface area contributed by atoms with Crippen molar-refractivity contribution in [3.63, 3.8) is 0 Å². The van der Waals surface area contributed by atoms with Crippen molar-refractivity contribution >= 4 is 34.5 Å². The van der Waals surface area contributed by atoms with E-state index in [9.17, 15) is 9.59 Å². The van der Waals surface area contributed by atoms with Crippen LogP contribution in [0.5, 0.6) is 0 Å². The molecule has 0 fully saturated rings. The van der Waals surface area contributed by atoms with Gasteiger partial charge in [0.15, 0.2) is 0 Å². The van der Waals surface area contributed by atoms with Crippen molar-refractivity contribution < 1.29 is 19.1 Å². The topological polar surface area (TPSA) is 52.6 Å². The quantitative estimate of drug-likeness (QED) is 0.187. The Labute approximate surface area is 196 Å². The van der Waals surface area contributed by atoms with E-state index in [0.29, 0.717) is 36.2 Å². The van der Waals surface area contributed by atoms with Gasteiger partial charge in [-0.15, -0.1) is 0 Å². The average molecular weight is 530 g/mol. The highest BCUT2D eigenvalue weighted by molar-refractivity contribution is 14.1. The zero-order valence-electron chi connectivity index (χ0n) is 19.4. The van der Waals surface area contributed by atoms with Crippen LogP contribution in [-0.4, -0.2) is 25.2 Å². The van der Waals surface area contributed by atoms with E-state index in [-0.39, 0.29) is 11.9 Å². The molecule has 30 heavy (non-hydrogen) atoms. The molecular formula is C25H39IO4. The lowest BCUT2D eigenvalue weighted by molar-refractivity contribution is 0.0412. The van der Waals surface area contributed by atoms with Crippen LogP contribution in [0.25, 0.3) is 0 Å². The first-order valence-electron chi connectivity index (χ1n) is 11.5. The number of hydrogen-bond acceptors (Lipinski definition) is 4. The third-order valence-corrected chi connectivity index (χ3v) is 6.63. The zero-order chi connectivity index (χ0) is 22.5. The molecule has 2 unspecified atom stereocenters. The summed E-state index contributed by atoms with van der Waals surface area (Å²) in [5.41, 5.74) is 1.78. The molecule has 0 bridgehead atoms. The molecule has 0 aliphatic rings. The van der Waals surface area contributed by atoms with Crippen LogP contribution >= 0.6 is 22.6 Å². The summed E-state index contributed by atoms with van der Waals surface area (Å²) in [5.74, 6) is 0.178. The third-order valence-electron chi connectivity index (χ3n) is 5.74. The second-order valence-electron chi connectivity index (χ2n) is 8.18. The first-order valence-corrected chi connectivity index (χ1v) is 12.6. The summed E-state index contributed by atoms with van der Waals surface area (Å²) in [4.78, 5) is 25.2. The van der Waals surface area contributed by atoms with Gasteiger partial charge in [-0.2, -0.15) is 0 Å². The SMILES string of the molecule is CCCCC(CC)COC(=O)c1cc(I)c(C(=O)OCC(CC)CCCC)cc1C. The van der Waals surface area contributed by atoms with Crippen molar-refractivity contribution in [1.29, 1.82) is 0 Å². The highest BCUT2D eigenvalue weighted by atomic mass is 127. The van der Waals surface area contributed by atoms with Gasteiger partial charge in [0.25, 0.3) is 0 Å². The Kier molecular flexibility index (Phi) is 13.3. The van der Waals surface area contributed by atoms with Gasteiger partial charge in [0.05, 0.1) is 24.3 Å². The van der Waals surface area contributed by atoms with Gasteiger partial charge in [-0.05, 0) is 71.9 Å². The second kappa shape index (κ2) is 14.8. The van der Waals surface area contributed by atoms with Gasteiger partial charge in [-0.3, -0.25) is 0 Å². The fraction of sp³-hybridized carbons (Fsp3) is 0.680. The van der Waals surface area contributed by atoms with Gasteiger partial charge >= 0.3 is 11.9 Å². The molecule has 1 rings (SSSR count). The zero-order valence-corrected chi connectivity index (χ0v) is 21.5. The van der Waals surface area contributed by atoms with Crippen LogP contribution in [0.1, 0.15) is 105 Å². The predicted molar refractivity (Wildman–Crippen MR) is 131 cm³/mol. The minimum Gasteiger partial charge on any atom is -0.462 e. The Morgan fingerprint density at radius 3 is 1.73 bits per heavy atom. The first-order chi connectivity index (χ1) is 14.4. The van der Waals surface area contributed by atoms with Gasteiger partial charge in [0.1, 0.15) is 0 Å². The molecule has 0 aliphatic heterocycles. The number of rotatable bonds is 14. The average Bonchev–Trinajstić information content (AvgIpc) is 2.74. The molecule has 0 saturated heterocycles. The minimum absolute atomic E-state index is 0.314. The molecule has 170 valence electrons. The second-order valence-corrected chi connectivity index (χ2v) is 9.34. The summed E-state index contributed by atoms with van der Waals surface area (Å²) >= 11 is 2.10. The van der Waals surface area contributed by atoms with Gasteiger partial charge in [0.2, 0.25) is 0 Å². The Morgan fingerprint density at radius 2 is 1.30 bits per heavy atom. The van der Waals surface area contributed by atoms with Crippen molar-refractivity contribution in [2.24, 2.45) is 11.8 Å². The van der Waals surface area contributed by atoms with E-state index >= 15 is 0 Å². The van der Waals surface area contributed by atoms with Crippen LogP contribution < -0.4 is 0 Å². The summed E-state index contributed by atoms with van der Waals surface area (Å²) in [6, 6.07) is 3.50. The Bertz CT molecular complexity index is 614. The molecule has 0 amide bonds. The normalized spacial score (nSPS) is 13.0. The summed E-state index contributed by atoms with van der Waals surface area (Å²) in [6.45, 7) is 11.3. The van der Waals surface area contributed by atoms with Gasteiger partial charge in [-0.1, -0.05) is 66.2 Å². The molecule has 0 aliphatic carbocycles. The summed E-state index contributed by atoms with van der Waals surface area (Å²) < 4.78 is 11.9. The molecule has 0 heterocycles. The molecule has 4 nitrogen and oxygen atoms in total. The van der Waals surface area contributed by atoms with Gasteiger partial charge in [0, 0.05) is 3.57 Å². The van der Waals surface area contributed by atoms with Crippen molar-refractivity contribution in [2.75, 3.05) is 13.2 Å². The lowest BCUT2D eigenvalue weighted by Crippen LogP contribution is -2.17. The maximum Gasteiger partial charge on any atom is 0.339 e. The van der Waals surface area contributed by atoms with Crippen LogP contribution in [0.4, 0.5) is 0 Å². The summed E-state index contributed by atoms with van der Waals surface area (Å²) in [5, 5.41) is 0. The number of esters is 2. The first kappa shape index (κ1) is 26.9. The smallest absolute Gasteiger partial charge is 0.339 e. The summed E-state index contributed by atoms with van der Waals surface area (Å²) in [7, 11) is 0. The number of unbranched alkanes of at least 4 members (excludes halogenated alkanes) is 2.